The van der Waals surface area contributed by atoms with E-state index in [1.807, 2.05) is 6.07 Å². The second-order valence-electron chi connectivity index (χ2n) is 4.49. The first-order chi connectivity index (χ1) is 7.28. The third kappa shape index (κ3) is 1.05. The Labute approximate surface area is 88.3 Å². The fourth-order valence-corrected chi connectivity index (χ4v) is 3.13. The van der Waals surface area contributed by atoms with Crippen molar-refractivity contribution in [2.24, 2.45) is 0 Å². The molecule has 2 nitrogen and oxygen atoms in total. The van der Waals surface area contributed by atoms with E-state index in [4.69, 9.17) is 0 Å². The lowest BCUT2D eigenvalue weighted by Crippen LogP contribution is -2.39. The minimum atomic E-state index is -0.416. The molecule has 1 saturated heterocycles. The van der Waals surface area contributed by atoms with Crippen LogP contribution in [-0.4, -0.2) is 23.2 Å². The van der Waals surface area contributed by atoms with Gasteiger partial charge >= 0.3 is 0 Å². The highest BCUT2D eigenvalue weighted by Crippen LogP contribution is 2.47. The van der Waals surface area contributed by atoms with Gasteiger partial charge in [-0.1, -0.05) is 12.1 Å². The summed E-state index contributed by atoms with van der Waals surface area (Å²) in [6.07, 6.45) is 1.92. The third-order valence-corrected chi connectivity index (χ3v) is 3.81. The monoisotopic (exact) mass is 207 g/mol. The van der Waals surface area contributed by atoms with E-state index >= 15 is 0 Å². The first-order valence-electron chi connectivity index (χ1n) is 5.42. The fourth-order valence-electron chi connectivity index (χ4n) is 3.13. The predicted molar refractivity (Wildman–Crippen MR) is 54.8 cm³/mol. The quantitative estimate of drug-likeness (QED) is 0.756. The van der Waals surface area contributed by atoms with E-state index in [0.717, 1.165) is 37.1 Å². The Bertz CT molecular complexity index is 407. The van der Waals surface area contributed by atoms with Crippen LogP contribution >= 0.6 is 0 Å². The van der Waals surface area contributed by atoms with E-state index in [0.29, 0.717) is 0 Å². The highest BCUT2D eigenvalue weighted by molar-refractivity contribution is 5.40. The summed E-state index contributed by atoms with van der Waals surface area (Å²) in [5.74, 6) is -0.161. The minimum absolute atomic E-state index is 0.0287. The molecule has 2 heterocycles. The van der Waals surface area contributed by atoms with Crippen LogP contribution in [0.2, 0.25) is 0 Å². The highest BCUT2D eigenvalue weighted by atomic mass is 19.1. The van der Waals surface area contributed by atoms with Gasteiger partial charge in [0.25, 0.3) is 0 Å². The van der Waals surface area contributed by atoms with Gasteiger partial charge in [-0.05, 0) is 31.0 Å². The number of hydrogen-bond donors (Lipinski definition) is 1. The molecule has 15 heavy (non-hydrogen) atoms. The molecule has 0 saturated carbocycles. The molecule has 0 radical (unpaired) electrons. The summed E-state index contributed by atoms with van der Waals surface area (Å²) >= 11 is 0. The van der Waals surface area contributed by atoms with Gasteiger partial charge in [-0.15, -0.1) is 0 Å². The van der Waals surface area contributed by atoms with E-state index in [1.54, 1.807) is 6.07 Å². The van der Waals surface area contributed by atoms with Crippen molar-refractivity contribution in [1.29, 1.82) is 0 Å². The molecule has 0 amide bonds. The van der Waals surface area contributed by atoms with Gasteiger partial charge in [0.05, 0.1) is 12.1 Å². The molecule has 3 heteroatoms. The van der Waals surface area contributed by atoms with E-state index in [1.165, 1.54) is 6.07 Å². The summed E-state index contributed by atoms with van der Waals surface area (Å²) in [5, 5.41) is 9.59. The van der Waals surface area contributed by atoms with E-state index in [-0.39, 0.29) is 12.4 Å². The summed E-state index contributed by atoms with van der Waals surface area (Å²) in [4.78, 5) is 2.21. The number of nitrogens with zero attached hydrogens (tertiary/aromatic N) is 1. The number of aliphatic hydroxyl groups excluding tert-OH is 1. The van der Waals surface area contributed by atoms with Crippen molar-refractivity contribution >= 4 is 0 Å². The van der Waals surface area contributed by atoms with E-state index in [2.05, 4.69) is 4.90 Å². The summed E-state index contributed by atoms with van der Waals surface area (Å²) in [6, 6.07) is 5.22. The van der Waals surface area contributed by atoms with Gasteiger partial charge in [-0.25, -0.2) is 4.39 Å². The van der Waals surface area contributed by atoms with Gasteiger partial charge in [0.1, 0.15) is 5.82 Å². The molecule has 1 aromatic carbocycles. The Hall–Kier alpha value is -0.930. The maximum atomic E-state index is 13.8. The zero-order valence-electron chi connectivity index (χ0n) is 8.54. The standard InChI is InChI=1S/C12H14FNO/c13-10-4-1-3-9-7-14-6-2-5-12(14,8-15)11(9)10/h1,3-4,15H,2,5-8H2. The van der Waals surface area contributed by atoms with E-state index in [9.17, 15) is 9.50 Å². The van der Waals surface area contributed by atoms with Crippen LogP contribution in [0.25, 0.3) is 0 Å². The zero-order chi connectivity index (χ0) is 10.5. The molecule has 0 bridgehead atoms. The second kappa shape index (κ2) is 3.03. The molecule has 1 unspecified atom stereocenters. The van der Waals surface area contributed by atoms with Gasteiger partial charge in [0.2, 0.25) is 0 Å². The molecule has 1 atom stereocenters. The highest BCUT2D eigenvalue weighted by Gasteiger charge is 2.49. The molecule has 3 rings (SSSR count). The smallest absolute Gasteiger partial charge is 0.128 e. The minimum Gasteiger partial charge on any atom is -0.394 e. The molecule has 0 spiro atoms. The SMILES string of the molecule is OCC12CCCN1Cc1cccc(F)c12. The number of fused-ring (bicyclic) bond motifs is 3. The van der Waals surface area contributed by atoms with Gasteiger partial charge < -0.3 is 5.11 Å². The molecule has 1 fully saturated rings. The van der Waals surface area contributed by atoms with Crippen molar-refractivity contribution in [2.75, 3.05) is 13.2 Å². The van der Waals surface area contributed by atoms with Crippen LogP contribution in [0.4, 0.5) is 4.39 Å². The lowest BCUT2D eigenvalue weighted by atomic mass is 9.88. The summed E-state index contributed by atoms with van der Waals surface area (Å²) < 4.78 is 13.8. The van der Waals surface area contributed by atoms with Crippen LogP contribution in [0.3, 0.4) is 0 Å². The molecular weight excluding hydrogens is 193 g/mol. The Morgan fingerprint density at radius 2 is 2.33 bits per heavy atom. The van der Waals surface area contributed by atoms with Crippen LogP contribution in [0.5, 0.6) is 0 Å². The van der Waals surface area contributed by atoms with Crippen LogP contribution < -0.4 is 0 Å². The Balaban J connectivity index is 2.21. The van der Waals surface area contributed by atoms with Crippen molar-refractivity contribution in [2.45, 2.75) is 24.9 Å². The van der Waals surface area contributed by atoms with Crippen molar-refractivity contribution in [1.82, 2.24) is 4.90 Å². The van der Waals surface area contributed by atoms with Gasteiger partial charge in [0.15, 0.2) is 0 Å². The largest absolute Gasteiger partial charge is 0.394 e. The maximum absolute atomic E-state index is 13.8. The van der Waals surface area contributed by atoms with Crippen molar-refractivity contribution < 1.29 is 9.50 Å². The molecular formula is C12H14FNO. The molecule has 0 aliphatic carbocycles. The average molecular weight is 207 g/mol. The number of aliphatic hydroxyl groups is 1. The van der Waals surface area contributed by atoms with Crippen LogP contribution in [0.15, 0.2) is 18.2 Å². The molecule has 0 aromatic heterocycles. The molecule has 2 aliphatic rings. The van der Waals surface area contributed by atoms with Gasteiger partial charge in [-0.2, -0.15) is 0 Å². The van der Waals surface area contributed by atoms with Gasteiger partial charge in [0, 0.05) is 12.1 Å². The lowest BCUT2D eigenvalue weighted by Gasteiger charge is -2.30. The van der Waals surface area contributed by atoms with Crippen molar-refractivity contribution in [3.8, 4) is 0 Å². The van der Waals surface area contributed by atoms with Crippen molar-refractivity contribution in [3.63, 3.8) is 0 Å². The molecule has 2 aliphatic heterocycles. The Kier molecular flexibility index (Phi) is 1.88. The summed E-state index contributed by atoms with van der Waals surface area (Å²) in [6.45, 7) is 1.78. The topological polar surface area (TPSA) is 23.5 Å². The average Bonchev–Trinajstić information content (AvgIpc) is 2.73. The zero-order valence-corrected chi connectivity index (χ0v) is 8.54. The molecule has 1 aromatic rings. The second-order valence-corrected chi connectivity index (χ2v) is 4.49. The first kappa shape index (κ1) is 9.31. The van der Waals surface area contributed by atoms with Gasteiger partial charge in [-0.3, -0.25) is 4.90 Å². The maximum Gasteiger partial charge on any atom is 0.128 e. The van der Waals surface area contributed by atoms with Crippen LogP contribution in [0.1, 0.15) is 24.0 Å². The third-order valence-electron chi connectivity index (χ3n) is 3.81. The van der Waals surface area contributed by atoms with Crippen LogP contribution in [-0.2, 0) is 12.1 Å². The fraction of sp³-hybridized carbons (Fsp3) is 0.500. The Morgan fingerprint density at radius 3 is 3.13 bits per heavy atom. The van der Waals surface area contributed by atoms with Crippen molar-refractivity contribution in [3.05, 3.63) is 35.1 Å². The summed E-state index contributed by atoms with van der Waals surface area (Å²) in [5.41, 5.74) is 1.37. The number of halogens is 1. The first-order valence-corrected chi connectivity index (χ1v) is 5.42. The number of hydrogen-bond acceptors (Lipinski definition) is 2. The predicted octanol–water partition coefficient (Wildman–Crippen LogP) is 1.62. The molecule has 80 valence electrons. The number of benzene rings is 1. The van der Waals surface area contributed by atoms with E-state index < -0.39 is 5.54 Å². The lowest BCUT2D eigenvalue weighted by molar-refractivity contribution is 0.0728. The number of rotatable bonds is 1. The van der Waals surface area contributed by atoms with Crippen LogP contribution in [0, 0.1) is 5.82 Å². The normalized spacial score (nSPS) is 29.2. The Morgan fingerprint density at radius 1 is 1.47 bits per heavy atom. The summed E-state index contributed by atoms with van der Waals surface area (Å²) in [7, 11) is 0. The molecule has 1 N–H and O–H groups in total.